The third kappa shape index (κ3) is 5.10. The molecule has 0 amide bonds. The van der Waals surface area contributed by atoms with Crippen LogP contribution in [0.15, 0.2) is 22.7 Å². The number of rotatable bonds is 5. The molecule has 3 nitrogen and oxygen atoms in total. The minimum atomic E-state index is -4.39. The fourth-order valence-electron chi connectivity index (χ4n) is 1.37. The number of nitrogens with one attached hydrogen (secondary N) is 1. The number of anilines is 1. The molecule has 0 aliphatic heterocycles. The summed E-state index contributed by atoms with van der Waals surface area (Å²) in [4.78, 5) is 11.1. The zero-order valence-corrected chi connectivity index (χ0v) is 11.8. The van der Waals surface area contributed by atoms with E-state index in [4.69, 9.17) is 4.74 Å². The summed E-state index contributed by atoms with van der Waals surface area (Å²) >= 11 is 3.15. The van der Waals surface area contributed by atoms with Gasteiger partial charge in [0.05, 0.1) is 18.6 Å². The summed E-state index contributed by atoms with van der Waals surface area (Å²) in [6, 6.07) is 3.30. The monoisotopic (exact) mass is 339 g/mol. The molecule has 0 heterocycles. The molecule has 106 valence electrons. The van der Waals surface area contributed by atoms with Gasteiger partial charge in [0.2, 0.25) is 0 Å². The number of hydrogen-bond acceptors (Lipinski definition) is 3. The minimum Gasteiger partial charge on any atom is -0.466 e. The van der Waals surface area contributed by atoms with Crippen LogP contribution in [0.3, 0.4) is 0 Å². The zero-order valence-electron chi connectivity index (χ0n) is 10.2. The average molecular weight is 340 g/mol. The fraction of sp³-hybridized carbons (Fsp3) is 0.417. The molecule has 1 aromatic carbocycles. The van der Waals surface area contributed by atoms with Crippen LogP contribution in [0.25, 0.3) is 0 Å². The zero-order chi connectivity index (χ0) is 14.5. The van der Waals surface area contributed by atoms with Gasteiger partial charge in [0.1, 0.15) is 0 Å². The Morgan fingerprint density at radius 2 is 2.11 bits per heavy atom. The van der Waals surface area contributed by atoms with E-state index in [0.717, 1.165) is 12.1 Å². The Hall–Kier alpha value is -1.24. The second kappa shape index (κ2) is 6.79. The maximum Gasteiger partial charge on any atom is 0.416 e. The highest BCUT2D eigenvalue weighted by Crippen LogP contribution is 2.33. The molecule has 0 saturated carbocycles. The topological polar surface area (TPSA) is 38.3 Å². The lowest BCUT2D eigenvalue weighted by molar-refractivity contribution is -0.142. The van der Waals surface area contributed by atoms with Crippen LogP contribution in [0.2, 0.25) is 0 Å². The molecule has 0 aliphatic carbocycles. The molecular formula is C12H13BrF3NO2. The van der Waals surface area contributed by atoms with Gasteiger partial charge in [-0.2, -0.15) is 13.2 Å². The van der Waals surface area contributed by atoms with E-state index in [1.807, 2.05) is 0 Å². The van der Waals surface area contributed by atoms with Gasteiger partial charge in [0, 0.05) is 16.7 Å². The van der Waals surface area contributed by atoms with Crippen molar-refractivity contribution in [2.75, 3.05) is 18.5 Å². The number of benzene rings is 1. The maximum absolute atomic E-state index is 12.5. The van der Waals surface area contributed by atoms with Gasteiger partial charge in [-0.25, -0.2) is 0 Å². The first-order chi connectivity index (χ1) is 8.84. The summed E-state index contributed by atoms with van der Waals surface area (Å²) in [5.74, 6) is -0.391. The fourth-order valence-corrected chi connectivity index (χ4v) is 1.76. The van der Waals surface area contributed by atoms with Crippen LogP contribution in [0, 0.1) is 0 Å². The number of hydrogen-bond donors (Lipinski definition) is 1. The van der Waals surface area contributed by atoms with E-state index in [-0.39, 0.29) is 19.6 Å². The molecule has 0 unspecified atom stereocenters. The smallest absolute Gasteiger partial charge is 0.416 e. The largest absolute Gasteiger partial charge is 0.466 e. The molecule has 0 radical (unpaired) electrons. The quantitative estimate of drug-likeness (QED) is 0.828. The van der Waals surface area contributed by atoms with Crippen LogP contribution in [-0.4, -0.2) is 19.1 Å². The van der Waals surface area contributed by atoms with Crippen molar-refractivity contribution in [1.82, 2.24) is 0 Å². The predicted octanol–water partition coefficient (Wildman–Crippen LogP) is 3.83. The molecule has 0 saturated heterocycles. The van der Waals surface area contributed by atoms with Gasteiger partial charge in [0.25, 0.3) is 0 Å². The highest BCUT2D eigenvalue weighted by Gasteiger charge is 2.30. The SMILES string of the molecule is CCOC(=O)CCNc1cc(C(F)(F)F)ccc1Br. The third-order valence-corrected chi connectivity index (χ3v) is 2.94. The van der Waals surface area contributed by atoms with Crippen LogP contribution in [0.1, 0.15) is 18.9 Å². The van der Waals surface area contributed by atoms with Crippen LogP contribution < -0.4 is 5.32 Å². The van der Waals surface area contributed by atoms with Crippen molar-refractivity contribution in [2.45, 2.75) is 19.5 Å². The van der Waals surface area contributed by atoms with E-state index in [9.17, 15) is 18.0 Å². The van der Waals surface area contributed by atoms with Gasteiger partial charge in [0.15, 0.2) is 0 Å². The normalized spacial score (nSPS) is 11.2. The van der Waals surface area contributed by atoms with Gasteiger partial charge >= 0.3 is 12.1 Å². The molecule has 0 aromatic heterocycles. The van der Waals surface area contributed by atoms with Crippen LogP contribution >= 0.6 is 15.9 Å². The maximum atomic E-state index is 12.5. The number of halogens is 4. The number of alkyl halides is 3. The Morgan fingerprint density at radius 3 is 2.68 bits per heavy atom. The Morgan fingerprint density at radius 1 is 1.42 bits per heavy atom. The second-order valence-electron chi connectivity index (χ2n) is 3.67. The summed E-state index contributed by atoms with van der Waals surface area (Å²) < 4.78 is 42.8. The number of ether oxygens (including phenoxy) is 1. The lowest BCUT2D eigenvalue weighted by Crippen LogP contribution is -2.12. The highest BCUT2D eigenvalue weighted by atomic mass is 79.9. The summed E-state index contributed by atoms with van der Waals surface area (Å²) in [5, 5.41) is 2.77. The second-order valence-corrected chi connectivity index (χ2v) is 4.53. The molecule has 19 heavy (non-hydrogen) atoms. The first-order valence-corrected chi connectivity index (χ1v) is 6.40. The van der Waals surface area contributed by atoms with Crippen LogP contribution in [0.4, 0.5) is 18.9 Å². The molecule has 0 fully saturated rings. The van der Waals surface area contributed by atoms with Gasteiger partial charge in [-0.1, -0.05) is 0 Å². The van der Waals surface area contributed by atoms with Crippen LogP contribution in [-0.2, 0) is 15.7 Å². The molecular weight excluding hydrogens is 327 g/mol. The molecule has 1 aromatic rings. The molecule has 0 atom stereocenters. The Balaban J connectivity index is 2.65. The minimum absolute atomic E-state index is 0.0938. The first-order valence-electron chi connectivity index (χ1n) is 5.61. The third-order valence-electron chi connectivity index (χ3n) is 2.24. The van der Waals surface area contributed by atoms with E-state index in [2.05, 4.69) is 21.2 Å². The molecule has 7 heteroatoms. The Kier molecular flexibility index (Phi) is 5.65. The average Bonchev–Trinajstić information content (AvgIpc) is 2.30. The Bertz CT molecular complexity index is 449. The summed E-state index contributed by atoms with van der Waals surface area (Å²) in [7, 11) is 0. The highest BCUT2D eigenvalue weighted by molar-refractivity contribution is 9.10. The summed E-state index contributed by atoms with van der Waals surface area (Å²) in [6.45, 7) is 2.18. The lowest BCUT2D eigenvalue weighted by atomic mass is 10.2. The predicted molar refractivity (Wildman–Crippen MR) is 68.9 cm³/mol. The van der Waals surface area contributed by atoms with Gasteiger partial charge in [-0.3, -0.25) is 4.79 Å². The van der Waals surface area contributed by atoms with Crippen molar-refractivity contribution >= 4 is 27.6 Å². The molecule has 1 rings (SSSR count). The van der Waals surface area contributed by atoms with Crippen molar-refractivity contribution in [3.8, 4) is 0 Å². The van der Waals surface area contributed by atoms with Crippen molar-refractivity contribution in [2.24, 2.45) is 0 Å². The molecule has 0 bridgehead atoms. The van der Waals surface area contributed by atoms with Crippen molar-refractivity contribution < 1.29 is 22.7 Å². The molecule has 0 spiro atoms. The molecule has 0 aliphatic rings. The molecule has 1 N–H and O–H groups in total. The van der Waals surface area contributed by atoms with Gasteiger partial charge < -0.3 is 10.1 Å². The van der Waals surface area contributed by atoms with E-state index >= 15 is 0 Å². The number of carbonyl (C=O) groups excluding carboxylic acids is 1. The summed E-state index contributed by atoms with van der Waals surface area (Å²) in [5.41, 5.74) is -0.451. The van der Waals surface area contributed by atoms with Gasteiger partial charge in [-0.05, 0) is 41.1 Å². The Labute approximate surface area is 117 Å². The van der Waals surface area contributed by atoms with Crippen molar-refractivity contribution in [3.05, 3.63) is 28.2 Å². The van der Waals surface area contributed by atoms with Crippen molar-refractivity contribution in [3.63, 3.8) is 0 Å². The van der Waals surface area contributed by atoms with E-state index in [0.29, 0.717) is 10.2 Å². The van der Waals surface area contributed by atoms with E-state index in [1.165, 1.54) is 6.07 Å². The standard InChI is InChI=1S/C12H13BrF3NO2/c1-2-19-11(18)5-6-17-10-7-8(12(14,15)16)3-4-9(10)13/h3-4,7,17H,2,5-6H2,1H3. The number of esters is 1. The van der Waals surface area contributed by atoms with Gasteiger partial charge in [-0.15, -0.1) is 0 Å². The lowest BCUT2D eigenvalue weighted by Gasteiger charge is -2.12. The number of carbonyl (C=O) groups is 1. The van der Waals surface area contributed by atoms with Crippen molar-refractivity contribution in [1.29, 1.82) is 0 Å². The van der Waals surface area contributed by atoms with E-state index in [1.54, 1.807) is 6.92 Å². The first kappa shape index (κ1) is 15.8. The van der Waals surface area contributed by atoms with Crippen LogP contribution in [0.5, 0.6) is 0 Å². The summed E-state index contributed by atoms with van der Waals surface area (Å²) in [6.07, 6.45) is -4.30. The van der Waals surface area contributed by atoms with E-state index < -0.39 is 17.7 Å².